The number of aliphatic hydroxyl groups is 1. The van der Waals surface area contributed by atoms with Gasteiger partial charge in [0.05, 0.1) is 12.4 Å². The molecule has 2 aromatic rings. The molecule has 4 heteroatoms. The zero-order valence-electron chi connectivity index (χ0n) is 8.55. The van der Waals surface area contributed by atoms with Crippen LogP contribution in [0.3, 0.4) is 0 Å². The maximum absolute atomic E-state index is 10.2. The normalized spacial score (nSPS) is 23.4. The third-order valence-corrected chi connectivity index (χ3v) is 3.36. The van der Waals surface area contributed by atoms with Crippen LogP contribution in [0.25, 0.3) is 0 Å². The molecule has 0 spiro atoms. The van der Waals surface area contributed by atoms with Gasteiger partial charge in [0.1, 0.15) is 6.10 Å². The summed E-state index contributed by atoms with van der Waals surface area (Å²) in [6.45, 7) is 0. The first-order chi connectivity index (χ1) is 7.75. The molecule has 3 nitrogen and oxygen atoms in total. The maximum atomic E-state index is 10.2. The highest BCUT2D eigenvalue weighted by Crippen LogP contribution is 2.39. The highest BCUT2D eigenvalue weighted by atomic mass is 35.5. The molecule has 82 valence electrons. The van der Waals surface area contributed by atoms with Gasteiger partial charge < -0.3 is 9.67 Å². The molecule has 1 aliphatic rings. The van der Waals surface area contributed by atoms with Gasteiger partial charge in [-0.05, 0) is 29.7 Å². The summed E-state index contributed by atoms with van der Waals surface area (Å²) in [4.78, 5) is 4.01. The van der Waals surface area contributed by atoms with E-state index in [1.54, 1.807) is 12.5 Å². The van der Waals surface area contributed by atoms with Crippen LogP contribution in [0.1, 0.15) is 23.3 Å². The first-order valence-corrected chi connectivity index (χ1v) is 5.57. The number of rotatable bonds is 1. The summed E-state index contributed by atoms with van der Waals surface area (Å²) in [5, 5.41) is 10.9. The standard InChI is InChI=1S/C12H11ClN2O/c13-9-1-2-10-8(5-9)6-11(12(10)16)15-4-3-14-7-15/h1-5,7,11-12,16H,6H2. The Labute approximate surface area is 98.3 Å². The second-order valence-corrected chi connectivity index (χ2v) is 4.51. The van der Waals surface area contributed by atoms with Gasteiger partial charge in [-0.15, -0.1) is 0 Å². The van der Waals surface area contributed by atoms with E-state index < -0.39 is 6.10 Å². The molecule has 3 rings (SSSR count). The first-order valence-electron chi connectivity index (χ1n) is 5.19. The minimum absolute atomic E-state index is 0.0379. The highest BCUT2D eigenvalue weighted by Gasteiger charge is 2.31. The molecule has 0 saturated carbocycles. The number of aliphatic hydroxyl groups excluding tert-OH is 1. The van der Waals surface area contributed by atoms with Crippen LogP contribution >= 0.6 is 11.6 Å². The molecule has 0 radical (unpaired) electrons. The largest absolute Gasteiger partial charge is 0.386 e. The number of benzene rings is 1. The summed E-state index contributed by atoms with van der Waals surface area (Å²) in [6, 6.07) is 5.69. The quantitative estimate of drug-likeness (QED) is 0.823. The average Bonchev–Trinajstić information content (AvgIpc) is 2.86. The molecular weight excluding hydrogens is 224 g/mol. The molecule has 0 aliphatic heterocycles. The minimum atomic E-state index is -0.471. The van der Waals surface area contributed by atoms with Crippen molar-refractivity contribution < 1.29 is 5.11 Å². The molecule has 0 amide bonds. The lowest BCUT2D eigenvalue weighted by atomic mass is 10.1. The van der Waals surface area contributed by atoms with Crippen LogP contribution in [0.4, 0.5) is 0 Å². The van der Waals surface area contributed by atoms with Crippen LogP contribution in [-0.4, -0.2) is 14.7 Å². The molecule has 0 bridgehead atoms. The molecule has 2 unspecified atom stereocenters. The van der Waals surface area contributed by atoms with Crippen molar-refractivity contribution in [2.24, 2.45) is 0 Å². The van der Waals surface area contributed by atoms with Crippen LogP contribution in [0.5, 0.6) is 0 Å². The topological polar surface area (TPSA) is 38.0 Å². The Morgan fingerprint density at radius 1 is 1.44 bits per heavy atom. The molecule has 0 fully saturated rings. The molecule has 1 aliphatic carbocycles. The Hall–Kier alpha value is -1.32. The van der Waals surface area contributed by atoms with Gasteiger partial charge in [-0.25, -0.2) is 4.98 Å². The predicted octanol–water partition coefficient (Wildman–Crippen LogP) is 2.37. The Morgan fingerprint density at radius 3 is 3.06 bits per heavy atom. The van der Waals surface area contributed by atoms with Crippen LogP contribution in [0.2, 0.25) is 5.02 Å². The maximum Gasteiger partial charge on any atom is 0.100 e. The van der Waals surface area contributed by atoms with Crippen LogP contribution in [0, 0.1) is 0 Å². The van der Waals surface area contributed by atoms with E-state index >= 15 is 0 Å². The Kier molecular flexibility index (Phi) is 2.23. The number of aromatic nitrogens is 2. The zero-order valence-corrected chi connectivity index (χ0v) is 9.30. The molecule has 2 atom stereocenters. The number of hydrogen-bond acceptors (Lipinski definition) is 2. The fourth-order valence-corrected chi connectivity index (χ4v) is 2.51. The van der Waals surface area contributed by atoms with Crippen LogP contribution in [0.15, 0.2) is 36.9 Å². The lowest BCUT2D eigenvalue weighted by molar-refractivity contribution is 0.127. The summed E-state index contributed by atoms with van der Waals surface area (Å²) in [5.41, 5.74) is 2.10. The van der Waals surface area contributed by atoms with Gasteiger partial charge in [-0.3, -0.25) is 0 Å². The third kappa shape index (κ3) is 1.44. The molecule has 16 heavy (non-hydrogen) atoms. The van der Waals surface area contributed by atoms with E-state index in [0.717, 1.165) is 22.6 Å². The summed E-state index contributed by atoms with van der Waals surface area (Å²) < 4.78 is 1.94. The van der Waals surface area contributed by atoms with Crippen molar-refractivity contribution in [1.82, 2.24) is 9.55 Å². The summed E-state index contributed by atoms with van der Waals surface area (Å²) in [7, 11) is 0. The van der Waals surface area contributed by atoms with Crippen LogP contribution < -0.4 is 0 Å². The van der Waals surface area contributed by atoms with E-state index in [9.17, 15) is 5.11 Å². The fourth-order valence-electron chi connectivity index (χ4n) is 2.32. The first kappa shape index (κ1) is 9.87. The Morgan fingerprint density at radius 2 is 2.31 bits per heavy atom. The van der Waals surface area contributed by atoms with Gasteiger partial charge in [0.25, 0.3) is 0 Å². The summed E-state index contributed by atoms with van der Waals surface area (Å²) in [6.07, 6.45) is 5.67. The molecular formula is C12H11ClN2O. The number of imidazole rings is 1. The van der Waals surface area contributed by atoms with Crippen LogP contribution in [-0.2, 0) is 6.42 Å². The third-order valence-electron chi connectivity index (χ3n) is 3.12. The van der Waals surface area contributed by atoms with Gasteiger partial charge in [0, 0.05) is 17.4 Å². The van der Waals surface area contributed by atoms with Gasteiger partial charge in [-0.1, -0.05) is 17.7 Å². The Bertz CT molecular complexity index is 510. The molecule has 1 N–H and O–H groups in total. The monoisotopic (exact) mass is 234 g/mol. The van der Waals surface area contributed by atoms with E-state index in [1.165, 1.54) is 0 Å². The number of fused-ring (bicyclic) bond motifs is 1. The van der Waals surface area contributed by atoms with Crippen molar-refractivity contribution >= 4 is 11.6 Å². The molecule has 1 aromatic carbocycles. The summed E-state index contributed by atoms with van der Waals surface area (Å²) >= 11 is 5.94. The molecule has 1 heterocycles. The van der Waals surface area contributed by atoms with Crippen molar-refractivity contribution in [3.63, 3.8) is 0 Å². The van der Waals surface area contributed by atoms with E-state index in [4.69, 9.17) is 11.6 Å². The Balaban J connectivity index is 2.00. The van der Waals surface area contributed by atoms with E-state index in [1.807, 2.05) is 29.0 Å². The predicted molar refractivity (Wildman–Crippen MR) is 61.4 cm³/mol. The van der Waals surface area contributed by atoms with Gasteiger partial charge in [0.15, 0.2) is 0 Å². The molecule has 0 saturated heterocycles. The second-order valence-electron chi connectivity index (χ2n) is 4.07. The van der Waals surface area contributed by atoms with E-state index in [0.29, 0.717) is 0 Å². The number of halogens is 1. The van der Waals surface area contributed by atoms with Crippen molar-refractivity contribution in [2.75, 3.05) is 0 Å². The number of hydrogen-bond donors (Lipinski definition) is 1. The highest BCUT2D eigenvalue weighted by molar-refractivity contribution is 6.30. The van der Waals surface area contributed by atoms with Crippen molar-refractivity contribution in [2.45, 2.75) is 18.6 Å². The lowest BCUT2D eigenvalue weighted by Gasteiger charge is -2.16. The smallest absolute Gasteiger partial charge is 0.100 e. The van der Waals surface area contributed by atoms with Crippen molar-refractivity contribution in [3.8, 4) is 0 Å². The second kappa shape index (κ2) is 3.61. The van der Waals surface area contributed by atoms with Gasteiger partial charge >= 0.3 is 0 Å². The average molecular weight is 235 g/mol. The minimum Gasteiger partial charge on any atom is -0.386 e. The summed E-state index contributed by atoms with van der Waals surface area (Å²) in [5.74, 6) is 0. The van der Waals surface area contributed by atoms with Gasteiger partial charge in [-0.2, -0.15) is 0 Å². The van der Waals surface area contributed by atoms with Crippen molar-refractivity contribution in [3.05, 3.63) is 53.1 Å². The van der Waals surface area contributed by atoms with E-state index in [2.05, 4.69) is 4.98 Å². The van der Waals surface area contributed by atoms with E-state index in [-0.39, 0.29) is 6.04 Å². The zero-order chi connectivity index (χ0) is 11.1. The number of nitrogens with zero attached hydrogens (tertiary/aromatic N) is 2. The van der Waals surface area contributed by atoms with Crippen molar-refractivity contribution in [1.29, 1.82) is 0 Å². The molecule has 1 aromatic heterocycles. The lowest BCUT2D eigenvalue weighted by Crippen LogP contribution is -2.12. The van der Waals surface area contributed by atoms with Gasteiger partial charge in [0.2, 0.25) is 0 Å². The fraction of sp³-hybridized carbons (Fsp3) is 0.250. The SMILES string of the molecule is OC1c2ccc(Cl)cc2CC1n1ccnc1.